The first-order valence-corrected chi connectivity index (χ1v) is 9.64. The fourth-order valence-corrected chi connectivity index (χ4v) is 4.06. The van der Waals surface area contributed by atoms with E-state index in [1.54, 1.807) is 35.2 Å². The van der Waals surface area contributed by atoms with Crippen LogP contribution < -0.4 is 5.32 Å². The number of nitrogens with one attached hydrogen (secondary N) is 1. The number of aryl methyl sites for hydroxylation is 1. The molecular weight excluding hydrogens is 340 g/mol. The second-order valence-electron chi connectivity index (χ2n) is 5.85. The predicted octanol–water partition coefficient (Wildman–Crippen LogP) is 3.76. The maximum Gasteiger partial charge on any atom is 0.222 e. The summed E-state index contributed by atoms with van der Waals surface area (Å²) in [6.07, 6.45) is 6.53. The number of amides is 1. The van der Waals surface area contributed by atoms with Crippen LogP contribution in [0.1, 0.15) is 41.7 Å². The van der Waals surface area contributed by atoms with Crippen molar-refractivity contribution in [3.8, 4) is 0 Å². The molecule has 24 heavy (non-hydrogen) atoms. The first kappa shape index (κ1) is 16.9. The average molecular weight is 361 g/mol. The summed E-state index contributed by atoms with van der Waals surface area (Å²) in [5.74, 6) is 0.0317. The molecular formula is C17H20N4OS2. The van der Waals surface area contributed by atoms with Crippen LogP contribution in [-0.4, -0.2) is 20.4 Å². The molecule has 7 heteroatoms. The summed E-state index contributed by atoms with van der Waals surface area (Å²) in [6, 6.07) is 2.09. The molecule has 0 spiro atoms. The highest BCUT2D eigenvalue weighted by Crippen LogP contribution is 2.24. The number of carbonyl (C=O) groups is 1. The minimum absolute atomic E-state index is 0.0317. The van der Waals surface area contributed by atoms with Gasteiger partial charge in [-0.1, -0.05) is 0 Å². The Labute approximate surface area is 149 Å². The van der Waals surface area contributed by atoms with Gasteiger partial charge in [0.05, 0.1) is 12.4 Å². The largest absolute Gasteiger partial charge is 0.346 e. The quantitative estimate of drug-likeness (QED) is 0.698. The fourth-order valence-electron chi connectivity index (χ4n) is 2.53. The van der Waals surface area contributed by atoms with Gasteiger partial charge < -0.3 is 9.88 Å². The molecule has 0 aliphatic heterocycles. The van der Waals surface area contributed by atoms with Crippen LogP contribution in [0.5, 0.6) is 0 Å². The summed E-state index contributed by atoms with van der Waals surface area (Å²) in [4.78, 5) is 21.1. The van der Waals surface area contributed by atoms with Crippen molar-refractivity contribution in [1.82, 2.24) is 19.9 Å². The van der Waals surface area contributed by atoms with Gasteiger partial charge in [0.1, 0.15) is 5.01 Å². The molecule has 0 aliphatic carbocycles. The van der Waals surface area contributed by atoms with Gasteiger partial charge in [-0.25, -0.2) is 9.97 Å². The Bertz CT molecular complexity index is 764. The van der Waals surface area contributed by atoms with E-state index >= 15 is 0 Å². The highest BCUT2D eigenvalue weighted by Gasteiger charge is 2.20. The van der Waals surface area contributed by atoms with Crippen molar-refractivity contribution in [1.29, 1.82) is 0 Å². The maximum atomic E-state index is 12.5. The van der Waals surface area contributed by atoms with Crippen LogP contribution in [0.2, 0.25) is 0 Å². The third-order valence-corrected chi connectivity index (χ3v) is 5.61. The lowest BCUT2D eigenvalue weighted by Crippen LogP contribution is -2.31. The number of thiophene rings is 1. The molecule has 126 valence electrons. The van der Waals surface area contributed by atoms with Gasteiger partial charge in [0, 0.05) is 42.4 Å². The van der Waals surface area contributed by atoms with Crippen molar-refractivity contribution in [3.63, 3.8) is 0 Å². The van der Waals surface area contributed by atoms with Crippen LogP contribution in [0.3, 0.4) is 0 Å². The van der Waals surface area contributed by atoms with E-state index in [2.05, 4.69) is 32.1 Å². The zero-order valence-electron chi connectivity index (χ0n) is 13.7. The zero-order chi connectivity index (χ0) is 16.9. The van der Waals surface area contributed by atoms with E-state index in [1.807, 2.05) is 30.0 Å². The van der Waals surface area contributed by atoms with Gasteiger partial charge in [-0.2, -0.15) is 11.3 Å². The Balaban J connectivity index is 1.67. The van der Waals surface area contributed by atoms with Gasteiger partial charge in [-0.3, -0.25) is 4.79 Å². The molecule has 2 unspecified atom stereocenters. The Morgan fingerprint density at radius 1 is 1.42 bits per heavy atom. The number of hydrogen-bond acceptors (Lipinski definition) is 5. The van der Waals surface area contributed by atoms with Gasteiger partial charge in [0.25, 0.3) is 0 Å². The third-order valence-electron chi connectivity index (χ3n) is 3.80. The van der Waals surface area contributed by atoms with Crippen molar-refractivity contribution < 1.29 is 4.79 Å². The number of nitrogens with zero attached hydrogens (tertiary/aromatic N) is 3. The second-order valence-corrected chi connectivity index (χ2v) is 7.52. The lowest BCUT2D eigenvalue weighted by atomic mass is 10.1. The topological polar surface area (TPSA) is 59.8 Å². The van der Waals surface area contributed by atoms with Crippen LogP contribution >= 0.6 is 22.7 Å². The van der Waals surface area contributed by atoms with E-state index in [0.717, 1.165) is 17.1 Å². The maximum absolute atomic E-state index is 12.5. The monoisotopic (exact) mass is 360 g/mol. The number of imidazole rings is 1. The third kappa shape index (κ3) is 4.30. The van der Waals surface area contributed by atoms with Gasteiger partial charge in [-0.15, -0.1) is 11.3 Å². The molecule has 3 aromatic heterocycles. The van der Waals surface area contributed by atoms with E-state index in [9.17, 15) is 4.79 Å². The van der Waals surface area contributed by atoms with Gasteiger partial charge in [-0.05, 0) is 36.2 Å². The van der Waals surface area contributed by atoms with E-state index in [0.29, 0.717) is 6.42 Å². The molecule has 3 aromatic rings. The molecule has 0 saturated heterocycles. The molecule has 0 saturated carbocycles. The Morgan fingerprint density at radius 2 is 2.29 bits per heavy atom. The Hall–Kier alpha value is -1.99. The van der Waals surface area contributed by atoms with Crippen LogP contribution in [0, 0.1) is 6.92 Å². The van der Waals surface area contributed by atoms with E-state index in [1.165, 1.54) is 5.56 Å². The van der Waals surface area contributed by atoms with Gasteiger partial charge in [0.15, 0.2) is 0 Å². The van der Waals surface area contributed by atoms with Crippen molar-refractivity contribution >= 4 is 28.6 Å². The molecule has 2 atom stereocenters. The summed E-state index contributed by atoms with van der Waals surface area (Å²) in [5.41, 5.74) is 2.21. The molecule has 5 nitrogen and oxygen atoms in total. The SMILES string of the molecule is Cc1csc(C(Cc2ccsc2)NC(=O)CC(C)n2ccnc2)n1. The minimum atomic E-state index is -0.0826. The van der Waals surface area contributed by atoms with Crippen LogP contribution in [0.25, 0.3) is 0 Å². The molecule has 0 fully saturated rings. The smallest absolute Gasteiger partial charge is 0.222 e. The van der Waals surface area contributed by atoms with E-state index in [-0.39, 0.29) is 18.0 Å². The normalized spacial score (nSPS) is 13.6. The fraction of sp³-hybridized carbons (Fsp3) is 0.353. The number of carbonyl (C=O) groups excluding carboxylic acids is 1. The second kappa shape index (κ2) is 7.72. The molecule has 0 aliphatic rings. The van der Waals surface area contributed by atoms with Crippen molar-refractivity contribution in [2.24, 2.45) is 0 Å². The average Bonchev–Trinajstić information content (AvgIpc) is 3.29. The summed E-state index contributed by atoms with van der Waals surface area (Å²) in [5, 5.41) is 10.3. The number of aromatic nitrogens is 3. The van der Waals surface area contributed by atoms with Crippen molar-refractivity contribution in [2.75, 3.05) is 0 Å². The van der Waals surface area contributed by atoms with E-state index in [4.69, 9.17) is 0 Å². The number of thiazole rings is 1. The molecule has 0 radical (unpaired) electrons. The molecule has 3 heterocycles. The molecule has 3 rings (SSSR count). The lowest BCUT2D eigenvalue weighted by Gasteiger charge is -2.18. The van der Waals surface area contributed by atoms with Crippen LogP contribution in [-0.2, 0) is 11.2 Å². The van der Waals surface area contributed by atoms with Crippen LogP contribution in [0.15, 0.2) is 40.9 Å². The first-order valence-electron chi connectivity index (χ1n) is 7.81. The molecule has 0 bridgehead atoms. The zero-order valence-corrected chi connectivity index (χ0v) is 15.3. The summed E-state index contributed by atoms with van der Waals surface area (Å²) in [7, 11) is 0. The highest BCUT2D eigenvalue weighted by atomic mass is 32.1. The van der Waals surface area contributed by atoms with Gasteiger partial charge >= 0.3 is 0 Å². The highest BCUT2D eigenvalue weighted by molar-refractivity contribution is 7.09. The van der Waals surface area contributed by atoms with Crippen molar-refractivity contribution in [2.45, 2.75) is 38.8 Å². The molecule has 1 amide bonds. The lowest BCUT2D eigenvalue weighted by molar-refractivity contribution is -0.122. The van der Waals surface area contributed by atoms with E-state index < -0.39 is 0 Å². The van der Waals surface area contributed by atoms with Crippen LogP contribution in [0.4, 0.5) is 0 Å². The number of rotatable bonds is 7. The van der Waals surface area contributed by atoms with Gasteiger partial charge in [0.2, 0.25) is 5.91 Å². The predicted molar refractivity (Wildman–Crippen MR) is 97.3 cm³/mol. The molecule has 1 N–H and O–H groups in total. The standard InChI is InChI=1S/C17H20N4OS2/c1-12-9-24-17(19-12)15(8-14-3-6-23-10-14)20-16(22)7-13(2)21-5-4-18-11-21/h3-6,9-11,13,15H,7-8H2,1-2H3,(H,20,22). The molecule has 0 aromatic carbocycles. The minimum Gasteiger partial charge on any atom is -0.346 e. The first-order chi connectivity index (χ1) is 11.6. The Morgan fingerprint density at radius 3 is 2.92 bits per heavy atom. The summed E-state index contributed by atoms with van der Waals surface area (Å²) < 4.78 is 1.95. The van der Waals surface area contributed by atoms with Crippen molar-refractivity contribution in [3.05, 3.63) is 57.2 Å². The number of hydrogen-bond donors (Lipinski definition) is 1. The Kier molecular flexibility index (Phi) is 5.42. The summed E-state index contributed by atoms with van der Waals surface area (Å²) in [6.45, 7) is 3.99. The summed E-state index contributed by atoms with van der Waals surface area (Å²) >= 11 is 3.27.